The van der Waals surface area contributed by atoms with Crippen LogP contribution in [0.5, 0.6) is 11.5 Å². The van der Waals surface area contributed by atoms with Crippen molar-refractivity contribution in [2.75, 3.05) is 18.5 Å². The van der Waals surface area contributed by atoms with Gasteiger partial charge in [-0.2, -0.15) is 0 Å². The van der Waals surface area contributed by atoms with Crippen LogP contribution in [-0.2, 0) is 0 Å². The molecule has 3 heteroatoms. The van der Waals surface area contributed by atoms with Gasteiger partial charge in [0.15, 0.2) is 11.5 Å². The lowest BCUT2D eigenvalue weighted by Crippen LogP contribution is -2.05. The van der Waals surface area contributed by atoms with Crippen molar-refractivity contribution in [2.45, 2.75) is 32.6 Å². The number of alkyl halides is 1. The van der Waals surface area contributed by atoms with Gasteiger partial charge in [0.2, 0.25) is 0 Å². The van der Waals surface area contributed by atoms with Crippen LogP contribution in [0.1, 0.15) is 38.2 Å². The van der Waals surface area contributed by atoms with E-state index in [0.717, 1.165) is 36.5 Å². The van der Waals surface area contributed by atoms with Crippen LogP contribution in [0.2, 0.25) is 0 Å². The van der Waals surface area contributed by atoms with Gasteiger partial charge >= 0.3 is 0 Å². The van der Waals surface area contributed by atoms with Gasteiger partial charge in [-0.1, -0.05) is 35.8 Å². The minimum Gasteiger partial charge on any atom is -0.490 e. The number of fused-ring (bicyclic) bond motifs is 1. The monoisotopic (exact) mass is 312 g/mol. The standard InChI is InChI=1S/C15H21BrO2/c1-11(2)8-13(10-16)12-4-5-14-15(9-12)18-7-3-6-17-14/h4-5,9,11,13H,3,6-8,10H2,1-2H3. The number of hydrogen-bond acceptors (Lipinski definition) is 2. The van der Waals surface area contributed by atoms with Gasteiger partial charge in [-0.05, 0) is 36.0 Å². The van der Waals surface area contributed by atoms with Crippen LogP contribution in [0.25, 0.3) is 0 Å². The summed E-state index contributed by atoms with van der Waals surface area (Å²) in [6.45, 7) is 6.03. The molecule has 0 saturated heterocycles. The summed E-state index contributed by atoms with van der Waals surface area (Å²) in [7, 11) is 0. The Morgan fingerprint density at radius 3 is 2.56 bits per heavy atom. The molecule has 0 bridgehead atoms. The van der Waals surface area contributed by atoms with E-state index in [1.54, 1.807) is 0 Å². The third-order valence-corrected chi connectivity index (χ3v) is 3.97. The molecule has 0 saturated carbocycles. The van der Waals surface area contributed by atoms with E-state index in [9.17, 15) is 0 Å². The highest BCUT2D eigenvalue weighted by Crippen LogP contribution is 2.35. The fourth-order valence-electron chi connectivity index (χ4n) is 2.29. The van der Waals surface area contributed by atoms with Crippen molar-refractivity contribution in [1.82, 2.24) is 0 Å². The van der Waals surface area contributed by atoms with E-state index in [-0.39, 0.29) is 0 Å². The van der Waals surface area contributed by atoms with Crippen LogP contribution in [0, 0.1) is 5.92 Å². The lowest BCUT2D eigenvalue weighted by molar-refractivity contribution is 0.297. The average molecular weight is 313 g/mol. The van der Waals surface area contributed by atoms with Gasteiger partial charge in [0, 0.05) is 11.8 Å². The van der Waals surface area contributed by atoms with E-state index in [0.29, 0.717) is 11.8 Å². The van der Waals surface area contributed by atoms with Crippen molar-refractivity contribution in [3.05, 3.63) is 23.8 Å². The van der Waals surface area contributed by atoms with E-state index in [1.807, 2.05) is 6.07 Å². The van der Waals surface area contributed by atoms with Crippen molar-refractivity contribution in [3.8, 4) is 11.5 Å². The van der Waals surface area contributed by atoms with Gasteiger partial charge in [0.05, 0.1) is 13.2 Å². The smallest absolute Gasteiger partial charge is 0.161 e. The Bertz CT molecular complexity index is 390. The fourth-order valence-corrected chi connectivity index (χ4v) is 2.93. The molecule has 2 rings (SSSR count). The molecule has 1 atom stereocenters. The summed E-state index contributed by atoms with van der Waals surface area (Å²) in [6, 6.07) is 6.36. The van der Waals surface area contributed by atoms with E-state index in [1.165, 1.54) is 12.0 Å². The second-order valence-electron chi connectivity index (χ2n) is 5.24. The summed E-state index contributed by atoms with van der Waals surface area (Å²) in [4.78, 5) is 0. The highest BCUT2D eigenvalue weighted by molar-refractivity contribution is 9.09. The van der Waals surface area contributed by atoms with Gasteiger partial charge in [0.1, 0.15) is 0 Å². The molecular formula is C15H21BrO2. The van der Waals surface area contributed by atoms with Gasteiger partial charge in [-0.3, -0.25) is 0 Å². The van der Waals surface area contributed by atoms with Crippen LogP contribution in [0.4, 0.5) is 0 Å². The Kier molecular flexibility index (Phi) is 4.93. The molecule has 1 aliphatic heterocycles. The summed E-state index contributed by atoms with van der Waals surface area (Å²) in [5.41, 5.74) is 1.34. The Labute approximate surface area is 118 Å². The maximum Gasteiger partial charge on any atom is 0.161 e. The van der Waals surface area contributed by atoms with Gasteiger partial charge in [-0.25, -0.2) is 0 Å². The summed E-state index contributed by atoms with van der Waals surface area (Å²) in [5, 5.41) is 0.991. The largest absolute Gasteiger partial charge is 0.490 e. The first-order valence-electron chi connectivity index (χ1n) is 6.66. The third-order valence-electron chi connectivity index (χ3n) is 3.19. The highest BCUT2D eigenvalue weighted by Gasteiger charge is 2.16. The molecule has 0 aliphatic carbocycles. The van der Waals surface area contributed by atoms with Crippen molar-refractivity contribution in [1.29, 1.82) is 0 Å². The molecule has 1 aliphatic rings. The molecule has 1 heterocycles. The molecule has 100 valence electrons. The fraction of sp³-hybridized carbons (Fsp3) is 0.600. The molecular weight excluding hydrogens is 292 g/mol. The van der Waals surface area contributed by atoms with E-state index in [4.69, 9.17) is 9.47 Å². The molecule has 18 heavy (non-hydrogen) atoms. The normalized spacial score (nSPS) is 16.4. The van der Waals surface area contributed by atoms with E-state index < -0.39 is 0 Å². The summed E-state index contributed by atoms with van der Waals surface area (Å²) in [6.07, 6.45) is 2.14. The molecule has 0 amide bonds. The molecule has 0 N–H and O–H groups in total. The van der Waals surface area contributed by atoms with Crippen LogP contribution < -0.4 is 9.47 Å². The molecule has 1 unspecified atom stereocenters. The first kappa shape index (κ1) is 13.7. The second kappa shape index (κ2) is 6.46. The maximum atomic E-state index is 5.75. The first-order chi connectivity index (χ1) is 8.70. The van der Waals surface area contributed by atoms with Crippen molar-refractivity contribution < 1.29 is 9.47 Å². The summed E-state index contributed by atoms with van der Waals surface area (Å²) in [5.74, 6) is 3.03. The summed E-state index contributed by atoms with van der Waals surface area (Å²) < 4.78 is 11.4. The lowest BCUT2D eigenvalue weighted by Gasteiger charge is -2.18. The quantitative estimate of drug-likeness (QED) is 0.768. The average Bonchev–Trinajstić information content (AvgIpc) is 2.59. The zero-order chi connectivity index (χ0) is 13.0. The van der Waals surface area contributed by atoms with Crippen LogP contribution in [-0.4, -0.2) is 18.5 Å². The second-order valence-corrected chi connectivity index (χ2v) is 5.88. The summed E-state index contributed by atoms with van der Waals surface area (Å²) >= 11 is 3.62. The van der Waals surface area contributed by atoms with Gasteiger partial charge in [-0.15, -0.1) is 0 Å². The number of rotatable bonds is 4. The maximum absolute atomic E-state index is 5.75. The SMILES string of the molecule is CC(C)CC(CBr)c1ccc2c(c1)OCCCO2. The third kappa shape index (κ3) is 3.41. The first-order valence-corrected chi connectivity index (χ1v) is 7.78. The van der Waals surface area contributed by atoms with E-state index in [2.05, 4.69) is 41.9 Å². The van der Waals surface area contributed by atoms with Crippen molar-refractivity contribution in [2.24, 2.45) is 5.92 Å². The highest BCUT2D eigenvalue weighted by atomic mass is 79.9. The number of hydrogen-bond donors (Lipinski definition) is 0. The molecule has 1 aromatic carbocycles. The Balaban J connectivity index is 2.20. The predicted octanol–water partition coefficient (Wildman–Crippen LogP) is 4.37. The van der Waals surface area contributed by atoms with Gasteiger partial charge in [0.25, 0.3) is 0 Å². The molecule has 2 nitrogen and oxygen atoms in total. The molecule has 0 aromatic heterocycles. The zero-order valence-electron chi connectivity index (χ0n) is 11.1. The Morgan fingerprint density at radius 2 is 1.89 bits per heavy atom. The van der Waals surface area contributed by atoms with Crippen molar-refractivity contribution >= 4 is 15.9 Å². The molecule has 0 fully saturated rings. The minimum absolute atomic E-state index is 0.544. The van der Waals surface area contributed by atoms with Crippen LogP contribution >= 0.6 is 15.9 Å². The Morgan fingerprint density at radius 1 is 1.17 bits per heavy atom. The Hall–Kier alpha value is -0.700. The van der Waals surface area contributed by atoms with Gasteiger partial charge < -0.3 is 9.47 Å². The number of halogens is 1. The lowest BCUT2D eigenvalue weighted by atomic mass is 9.92. The van der Waals surface area contributed by atoms with E-state index >= 15 is 0 Å². The molecule has 0 spiro atoms. The predicted molar refractivity (Wildman–Crippen MR) is 78.0 cm³/mol. The van der Waals surface area contributed by atoms with Crippen LogP contribution in [0.3, 0.4) is 0 Å². The van der Waals surface area contributed by atoms with Crippen molar-refractivity contribution in [3.63, 3.8) is 0 Å². The topological polar surface area (TPSA) is 18.5 Å². The minimum atomic E-state index is 0.544. The molecule has 0 radical (unpaired) electrons. The number of ether oxygens (including phenoxy) is 2. The number of benzene rings is 1. The zero-order valence-corrected chi connectivity index (χ0v) is 12.7. The molecule has 1 aromatic rings. The van der Waals surface area contributed by atoms with Crippen LogP contribution in [0.15, 0.2) is 18.2 Å².